The van der Waals surface area contributed by atoms with Crippen LogP contribution in [-0.2, 0) is 6.18 Å². The van der Waals surface area contributed by atoms with Crippen molar-refractivity contribution in [3.8, 4) is 0 Å². The molecule has 2 heterocycles. The van der Waals surface area contributed by atoms with E-state index in [4.69, 9.17) is 0 Å². The Morgan fingerprint density at radius 2 is 1.95 bits per heavy atom. The third kappa shape index (κ3) is 2.32. The maximum Gasteiger partial charge on any atom is 0.453 e. The van der Waals surface area contributed by atoms with Gasteiger partial charge in [0.1, 0.15) is 5.82 Å². The molecule has 1 fully saturated rings. The van der Waals surface area contributed by atoms with E-state index in [0.717, 1.165) is 17.4 Å². The Morgan fingerprint density at radius 1 is 1.29 bits per heavy atom. The first-order valence-corrected chi connectivity index (χ1v) is 6.75. The minimum Gasteiger partial charge on any atom is -0.355 e. The molecule has 3 rings (SSSR count). The number of halogens is 3. The van der Waals surface area contributed by atoms with Gasteiger partial charge in [-0.1, -0.05) is 6.92 Å². The maximum atomic E-state index is 12.9. The second-order valence-corrected chi connectivity index (χ2v) is 5.92. The second kappa shape index (κ2) is 4.32. The SMILES string of the molecule is CC(N(C)c1ccc2nnc(C(F)(F)F)n2n1)C1(C)CC1. The average Bonchev–Trinajstić information content (AvgIpc) is 3.02. The van der Waals surface area contributed by atoms with Crippen LogP contribution in [0.25, 0.3) is 5.65 Å². The van der Waals surface area contributed by atoms with E-state index >= 15 is 0 Å². The van der Waals surface area contributed by atoms with Gasteiger partial charge in [-0.2, -0.15) is 17.7 Å². The molecule has 1 aliphatic carbocycles. The summed E-state index contributed by atoms with van der Waals surface area (Å²) < 4.78 is 39.4. The lowest BCUT2D eigenvalue weighted by Crippen LogP contribution is -2.36. The van der Waals surface area contributed by atoms with Gasteiger partial charge >= 0.3 is 6.18 Å². The number of rotatable bonds is 3. The van der Waals surface area contributed by atoms with Crippen molar-refractivity contribution in [2.24, 2.45) is 5.41 Å². The van der Waals surface area contributed by atoms with E-state index in [-0.39, 0.29) is 17.1 Å². The molecule has 5 nitrogen and oxygen atoms in total. The molecule has 0 aliphatic heterocycles. The highest BCUT2D eigenvalue weighted by atomic mass is 19.4. The predicted molar refractivity (Wildman–Crippen MR) is 71.0 cm³/mol. The molecule has 0 radical (unpaired) electrons. The fourth-order valence-electron chi connectivity index (χ4n) is 2.42. The standard InChI is InChI=1S/C13H16F3N5/c1-8(12(2)6-7-12)20(3)10-5-4-9-17-18-11(13(14,15)16)21(9)19-10/h4-5,8H,6-7H2,1-3H3. The smallest absolute Gasteiger partial charge is 0.355 e. The molecule has 0 N–H and O–H groups in total. The third-order valence-electron chi connectivity index (χ3n) is 4.49. The number of hydrogen-bond acceptors (Lipinski definition) is 4. The Kier molecular flexibility index (Phi) is 2.90. The second-order valence-electron chi connectivity index (χ2n) is 5.92. The zero-order valence-electron chi connectivity index (χ0n) is 12.0. The van der Waals surface area contributed by atoms with Crippen LogP contribution in [0.5, 0.6) is 0 Å². The molecule has 0 bridgehead atoms. The van der Waals surface area contributed by atoms with Crippen LogP contribution in [0.3, 0.4) is 0 Å². The highest BCUT2D eigenvalue weighted by Gasteiger charge is 2.44. The zero-order chi connectivity index (χ0) is 15.4. The molecule has 1 saturated carbocycles. The van der Waals surface area contributed by atoms with Gasteiger partial charge in [-0.15, -0.1) is 15.3 Å². The minimum atomic E-state index is -4.57. The van der Waals surface area contributed by atoms with Crippen LogP contribution in [0.1, 0.15) is 32.5 Å². The van der Waals surface area contributed by atoms with Gasteiger partial charge in [-0.3, -0.25) is 0 Å². The van der Waals surface area contributed by atoms with Crippen molar-refractivity contribution in [3.05, 3.63) is 18.0 Å². The summed E-state index contributed by atoms with van der Waals surface area (Å²) in [6.07, 6.45) is -2.32. The number of hydrogen-bond donors (Lipinski definition) is 0. The van der Waals surface area contributed by atoms with Gasteiger partial charge in [-0.25, -0.2) is 0 Å². The molecule has 0 aromatic carbocycles. The molecule has 0 amide bonds. The summed E-state index contributed by atoms with van der Waals surface area (Å²) in [5, 5.41) is 10.7. The molecule has 8 heteroatoms. The van der Waals surface area contributed by atoms with Crippen LogP contribution in [0, 0.1) is 5.41 Å². The normalized spacial score (nSPS) is 18.8. The minimum absolute atomic E-state index is 0.0877. The zero-order valence-corrected chi connectivity index (χ0v) is 12.0. The molecule has 1 atom stereocenters. The fraction of sp³-hybridized carbons (Fsp3) is 0.615. The molecular weight excluding hydrogens is 283 g/mol. The van der Waals surface area contributed by atoms with Crippen LogP contribution < -0.4 is 4.90 Å². The molecule has 2 aromatic heterocycles. The van der Waals surface area contributed by atoms with E-state index in [1.807, 2.05) is 11.9 Å². The Balaban J connectivity index is 2.00. The lowest BCUT2D eigenvalue weighted by Gasteiger charge is -2.30. The van der Waals surface area contributed by atoms with E-state index < -0.39 is 12.0 Å². The van der Waals surface area contributed by atoms with E-state index in [0.29, 0.717) is 5.82 Å². The van der Waals surface area contributed by atoms with Crippen molar-refractivity contribution >= 4 is 11.5 Å². The quantitative estimate of drug-likeness (QED) is 0.874. The van der Waals surface area contributed by atoms with E-state index in [9.17, 15) is 13.2 Å². The largest absolute Gasteiger partial charge is 0.453 e. The molecule has 21 heavy (non-hydrogen) atoms. The van der Waals surface area contributed by atoms with Gasteiger partial charge in [0.2, 0.25) is 0 Å². The Hall–Kier alpha value is -1.86. The summed E-state index contributed by atoms with van der Waals surface area (Å²) in [7, 11) is 1.85. The van der Waals surface area contributed by atoms with Crippen molar-refractivity contribution in [1.29, 1.82) is 0 Å². The third-order valence-corrected chi connectivity index (χ3v) is 4.49. The van der Waals surface area contributed by atoms with Gasteiger partial charge in [0.15, 0.2) is 5.65 Å². The van der Waals surface area contributed by atoms with E-state index in [1.54, 1.807) is 6.07 Å². The summed E-state index contributed by atoms with van der Waals surface area (Å²) in [5.41, 5.74) is 0.301. The Bertz CT molecular complexity index is 674. The predicted octanol–water partition coefficient (Wildman–Crippen LogP) is 2.77. The summed E-state index contributed by atoms with van der Waals surface area (Å²) >= 11 is 0. The average molecular weight is 299 g/mol. The first-order chi connectivity index (χ1) is 9.72. The van der Waals surface area contributed by atoms with Gasteiger partial charge in [-0.05, 0) is 37.3 Å². The number of aromatic nitrogens is 4. The summed E-state index contributed by atoms with van der Waals surface area (Å²) in [6, 6.07) is 3.38. The van der Waals surface area contributed by atoms with Crippen molar-refractivity contribution in [3.63, 3.8) is 0 Å². The Morgan fingerprint density at radius 3 is 2.52 bits per heavy atom. The van der Waals surface area contributed by atoms with Crippen molar-refractivity contribution in [2.45, 2.75) is 38.9 Å². The van der Waals surface area contributed by atoms with E-state index in [1.165, 1.54) is 6.07 Å². The van der Waals surface area contributed by atoms with Crippen LogP contribution in [0.15, 0.2) is 12.1 Å². The number of nitrogens with zero attached hydrogens (tertiary/aromatic N) is 5. The monoisotopic (exact) mass is 299 g/mol. The first-order valence-electron chi connectivity index (χ1n) is 6.75. The Labute approximate surface area is 119 Å². The van der Waals surface area contributed by atoms with Gasteiger partial charge in [0.05, 0.1) is 0 Å². The summed E-state index contributed by atoms with van der Waals surface area (Å²) in [4.78, 5) is 1.91. The van der Waals surface area contributed by atoms with E-state index in [2.05, 4.69) is 29.1 Å². The van der Waals surface area contributed by atoms with Crippen LogP contribution >= 0.6 is 0 Å². The van der Waals surface area contributed by atoms with Gasteiger partial charge in [0, 0.05) is 13.1 Å². The van der Waals surface area contributed by atoms with Gasteiger partial charge < -0.3 is 4.90 Å². The fourth-order valence-corrected chi connectivity index (χ4v) is 2.42. The molecule has 1 aliphatic rings. The highest BCUT2D eigenvalue weighted by Crippen LogP contribution is 2.50. The topological polar surface area (TPSA) is 46.3 Å². The highest BCUT2D eigenvalue weighted by molar-refractivity contribution is 5.46. The summed E-state index contributed by atoms with van der Waals surface area (Å²) in [5.74, 6) is -0.619. The molecule has 2 aromatic rings. The van der Waals surface area contributed by atoms with Crippen LogP contribution in [0.2, 0.25) is 0 Å². The van der Waals surface area contributed by atoms with Crippen molar-refractivity contribution < 1.29 is 13.2 Å². The van der Waals surface area contributed by atoms with Crippen molar-refractivity contribution in [1.82, 2.24) is 19.8 Å². The number of fused-ring (bicyclic) bond motifs is 1. The molecular formula is C13H16F3N5. The number of anilines is 1. The maximum absolute atomic E-state index is 12.9. The molecule has 0 saturated heterocycles. The first kappa shape index (κ1) is 14.1. The lowest BCUT2D eigenvalue weighted by atomic mass is 10.00. The van der Waals surface area contributed by atoms with Crippen LogP contribution in [-0.4, -0.2) is 32.9 Å². The molecule has 1 unspecified atom stereocenters. The van der Waals surface area contributed by atoms with Gasteiger partial charge in [0.25, 0.3) is 5.82 Å². The van der Waals surface area contributed by atoms with Crippen LogP contribution in [0.4, 0.5) is 19.0 Å². The van der Waals surface area contributed by atoms with Crippen molar-refractivity contribution in [2.75, 3.05) is 11.9 Å². The lowest BCUT2D eigenvalue weighted by molar-refractivity contribution is -0.146. The molecule has 114 valence electrons. The summed E-state index contributed by atoms with van der Waals surface area (Å²) in [6.45, 7) is 4.24. The number of alkyl halides is 3. The molecule has 0 spiro atoms.